The number of rotatable bonds is 4. The molecule has 2 heterocycles. The smallest absolute Gasteiger partial charge is 0.234 e. The number of benzene rings is 2. The van der Waals surface area contributed by atoms with Crippen LogP contribution in [-0.2, 0) is 4.79 Å². The van der Waals surface area contributed by atoms with E-state index in [0.717, 1.165) is 11.0 Å². The van der Waals surface area contributed by atoms with Gasteiger partial charge in [-0.25, -0.2) is 4.98 Å². The number of nitrogens with one attached hydrogen (secondary N) is 2. The molecule has 0 fully saturated rings. The van der Waals surface area contributed by atoms with Crippen LogP contribution in [0.5, 0.6) is 11.5 Å². The van der Waals surface area contributed by atoms with Crippen molar-refractivity contribution in [2.24, 2.45) is 0 Å². The summed E-state index contributed by atoms with van der Waals surface area (Å²) in [6.07, 6.45) is 0. The van der Waals surface area contributed by atoms with Gasteiger partial charge in [0.15, 0.2) is 16.7 Å². The maximum Gasteiger partial charge on any atom is 0.234 e. The van der Waals surface area contributed by atoms with Gasteiger partial charge in [-0.3, -0.25) is 4.79 Å². The number of aromatic nitrogens is 2. The molecule has 1 aliphatic rings. The number of carbonyl (C=O) groups is 1. The van der Waals surface area contributed by atoms with Gasteiger partial charge in [-0.1, -0.05) is 23.4 Å². The second-order valence-corrected chi connectivity index (χ2v) is 6.51. The highest BCUT2D eigenvalue weighted by Crippen LogP contribution is 2.34. The van der Waals surface area contributed by atoms with Crippen molar-refractivity contribution >= 4 is 46.0 Å². The average molecular weight is 362 g/mol. The molecule has 4 rings (SSSR count). The minimum absolute atomic E-state index is 0.127. The van der Waals surface area contributed by atoms with E-state index in [1.165, 1.54) is 11.8 Å². The highest BCUT2D eigenvalue weighted by atomic mass is 35.5. The third-order valence-electron chi connectivity index (χ3n) is 3.42. The van der Waals surface area contributed by atoms with E-state index in [9.17, 15) is 4.79 Å². The molecule has 0 aliphatic carbocycles. The van der Waals surface area contributed by atoms with Crippen molar-refractivity contribution in [3.05, 3.63) is 41.4 Å². The number of aromatic amines is 1. The van der Waals surface area contributed by atoms with E-state index in [2.05, 4.69) is 15.3 Å². The van der Waals surface area contributed by atoms with Gasteiger partial charge in [0, 0.05) is 16.8 Å². The van der Waals surface area contributed by atoms with Gasteiger partial charge < -0.3 is 19.8 Å². The first-order valence-corrected chi connectivity index (χ1v) is 8.51. The standard InChI is InChI=1S/C16H12ClN3O3S/c17-9-1-3-11-12(5-9)20-16(19-11)24-7-15(21)18-10-2-4-13-14(6-10)23-8-22-13/h1-6H,7-8H2,(H,18,21)(H,19,20). The van der Waals surface area contributed by atoms with E-state index >= 15 is 0 Å². The zero-order valence-corrected chi connectivity index (χ0v) is 13.9. The predicted octanol–water partition coefficient (Wildman–Crippen LogP) is 3.68. The van der Waals surface area contributed by atoms with Gasteiger partial charge in [0.2, 0.25) is 12.7 Å². The van der Waals surface area contributed by atoms with E-state index in [-0.39, 0.29) is 18.5 Å². The van der Waals surface area contributed by atoms with Gasteiger partial charge in [-0.2, -0.15) is 0 Å². The number of anilines is 1. The largest absolute Gasteiger partial charge is 0.454 e. The molecule has 2 N–H and O–H groups in total. The number of thioether (sulfide) groups is 1. The Morgan fingerprint density at radius 3 is 3.04 bits per heavy atom. The molecule has 24 heavy (non-hydrogen) atoms. The highest BCUT2D eigenvalue weighted by molar-refractivity contribution is 7.99. The number of amides is 1. The van der Waals surface area contributed by atoms with Crippen molar-refractivity contribution < 1.29 is 14.3 Å². The van der Waals surface area contributed by atoms with Crippen LogP contribution in [0.1, 0.15) is 0 Å². The van der Waals surface area contributed by atoms with E-state index in [1.54, 1.807) is 30.3 Å². The summed E-state index contributed by atoms with van der Waals surface area (Å²) in [5.41, 5.74) is 2.33. The van der Waals surface area contributed by atoms with Crippen LogP contribution in [-0.4, -0.2) is 28.4 Å². The Kier molecular flexibility index (Phi) is 3.95. The maximum atomic E-state index is 12.1. The normalized spacial score (nSPS) is 12.5. The van der Waals surface area contributed by atoms with Crippen LogP contribution in [0, 0.1) is 0 Å². The third kappa shape index (κ3) is 3.13. The summed E-state index contributed by atoms with van der Waals surface area (Å²) in [5, 5.41) is 4.14. The Balaban J connectivity index is 1.39. The highest BCUT2D eigenvalue weighted by Gasteiger charge is 2.14. The van der Waals surface area contributed by atoms with Crippen LogP contribution in [0.15, 0.2) is 41.6 Å². The molecule has 122 valence electrons. The summed E-state index contributed by atoms with van der Waals surface area (Å²) in [4.78, 5) is 19.6. The van der Waals surface area contributed by atoms with Crippen molar-refractivity contribution in [2.45, 2.75) is 5.16 Å². The minimum Gasteiger partial charge on any atom is -0.454 e. The monoisotopic (exact) mass is 361 g/mol. The first-order valence-electron chi connectivity index (χ1n) is 7.15. The molecule has 1 amide bonds. The first kappa shape index (κ1) is 15.2. The molecule has 0 spiro atoms. The van der Waals surface area contributed by atoms with Gasteiger partial charge in [-0.05, 0) is 30.3 Å². The summed E-state index contributed by atoms with van der Waals surface area (Å²) in [5.74, 6) is 1.43. The molecule has 0 saturated heterocycles. The molecule has 0 bridgehead atoms. The Bertz CT molecular complexity index is 928. The van der Waals surface area contributed by atoms with E-state index < -0.39 is 0 Å². The summed E-state index contributed by atoms with van der Waals surface area (Å²) < 4.78 is 10.5. The van der Waals surface area contributed by atoms with Crippen molar-refractivity contribution in [3.63, 3.8) is 0 Å². The summed E-state index contributed by atoms with van der Waals surface area (Å²) in [6.45, 7) is 0.207. The molecule has 0 radical (unpaired) electrons. The van der Waals surface area contributed by atoms with Gasteiger partial charge in [0.1, 0.15) is 0 Å². The predicted molar refractivity (Wildman–Crippen MR) is 93.0 cm³/mol. The Labute approximate surface area is 146 Å². The number of hydrogen-bond donors (Lipinski definition) is 2. The number of imidazole rings is 1. The van der Waals surface area contributed by atoms with Crippen molar-refractivity contribution in [1.29, 1.82) is 0 Å². The van der Waals surface area contributed by atoms with Gasteiger partial charge >= 0.3 is 0 Å². The summed E-state index contributed by atoms with van der Waals surface area (Å²) in [6, 6.07) is 10.7. The van der Waals surface area contributed by atoms with E-state index in [0.29, 0.717) is 27.4 Å². The fourth-order valence-electron chi connectivity index (χ4n) is 2.33. The lowest BCUT2D eigenvalue weighted by Gasteiger charge is -2.05. The summed E-state index contributed by atoms with van der Waals surface area (Å²) in [7, 11) is 0. The second kappa shape index (κ2) is 6.26. The Morgan fingerprint density at radius 2 is 2.12 bits per heavy atom. The zero-order valence-electron chi connectivity index (χ0n) is 12.3. The second-order valence-electron chi connectivity index (χ2n) is 5.11. The number of nitrogens with zero attached hydrogens (tertiary/aromatic N) is 1. The first-order chi connectivity index (χ1) is 11.7. The lowest BCUT2D eigenvalue weighted by atomic mass is 10.3. The lowest BCUT2D eigenvalue weighted by Crippen LogP contribution is -2.14. The van der Waals surface area contributed by atoms with E-state index in [4.69, 9.17) is 21.1 Å². The van der Waals surface area contributed by atoms with Crippen LogP contribution in [0.4, 0.5) is 5.69 Å². The van der Waals surface area contributed by atoms with Gasteiger partial charge in [-0.15, -0.1) is 0 Å². The SMILES string of the molecule is O=C(CSc1nc2ccc(Cl)cc2[nH]1)Nc1ccc2c(c1)OCO2. The van der Waals surface area contributed by atoms with Crippen molar-refractivity contribution in [3.8, 4) is 11.5 Å². The third-order valence-corrected chi connectivity index (χ3v) is 4.53. The number of halogens is 1. The van der Waals surface area contributed by atoms with E-state index in [1.807, 2.05) is 6.07 Å². The molecule has 1 aliphatic heterocycles. The zero-order chi connectivity index (χ0) is 16.5. The molecule has 0 saturated carbocycles. The van der Waals surface area contributed by atoms with Crippen molar-refractivity contribution in [2.75, 3.05) is 17.9 Å². The van der Waals surface area contributed by atoms with Gasteiger partial charge in [0.05, 0.1) is 16.8 Å². The Morgan fingerprint density at radius 1 is 1.25 bits per heavy atom. The lowest BCUT2D eigenvalue weighted by molar-refractivity contribution is -0.113. The molecule has 8 heteroatoms. The maximum absolute atomic E-state index is 12.1. The number of H-pyrrole nitrogens is 1. The van der Waals surface area contributed by atoms with Crippen LogP contribution in [0.3, 0.4) is 0 Å². The number of ether oxygens (including phenoxy) is 2. The fraction of sp³-hybridized carbons (Fsp3) is 0.125. The quantitative estimate of drug-likeness (QED) is 0.693. The molecule has 6 nitrogen and oxygen atoms in total. The summed E-state index contributed by atoms with van der Waals surface area (Å²) >= 11 is 7.28. The minimum atomic E-state index is -0.127. The number of fused-ring (bicyclic) bond motifs is 2. The van der Waals surface area contributed by atoms with Gasteiger partial charge in [0.25, 0.3) is 0 Å². The average Bonchev–Trinajstić information content (AvgIpc) is 3.18. The number of carbonyl (C=O) groups excluding carboxylic acids is 1. The topological polar surface area (TPSA) is 76.2 Å². The molecule has 3 aromatic rings. The number of hydrogen-bond acceptors (Lipinski definition) is 5. The molecular weight excluding hydrogens is 350 g/mol. The van der Waals surface area contributed by atoms with Crippen molar-refractivity contribution in [1.82, 2.24) is 9.97 Å². The molecule has 0 unspecified atom stereocenters. The molecule has 1 aromatic heterocycles. The van der Waals surface area contributed by atoms with Crippen LogP contribution >= 0.6 is 23.4 Å². The fourth-order valence-corrected chi connectivity index (χ4v) is 3.19. The van der Waals surface area contributed by atoms with Crippen LogP contribution in [0.2, 0.25) is 5.02 Å². The molecular formula is C16H12ClN3O3S. The molecule has 2 aromatic carbocycles. The van der Waals surface area contributed by atoms with Crippen LogP contribution in [0.25, 0.3) is 11.0 Å². The van der Waals surface area contributed by atoms with Crippen LogP contribution < -0.4 is 14.8 Å². The Hall–Kier alpha value is -2.38. The molecule has 0 atom stereocenters.